The summed E-state index contributed by atoms with van der Waals surface area (Å²) in [4.78, 5) is 35.4. The standard InChI is InChI=1S/C28H27FN6O3.ClH/c1-17-15-34-25(14-31-17)26(35(28(34)37)18-5-7-19(8-6-18)38-20-9-10-20)27(36)32-13-22-21(3-2-4-23(22)29)24-11-12-30-16-33-24;/h2-8,11-12,16-17,20,31H,9-10,13-15H2,1H3,(H,32,36);1H/t17-;/m1./s1. The lowest BCUT2D eigenvalue weighted by Gasteiger charge is -2.22. The minimum absolute atomic E-state index is 0. The molecule has 2 aromatic heterocycles. The van der Waals surface area contributed by atoms with Crippen LogP contribution < -0.4 is 21.1 Å². The van der Waals surface area contributed by atoms with Crippen molar-refractivity contribution in [3.05, 3.63) is 94.3 Å². The molecule has 2 N–H and O–H groups in total. The molecule has 0 spiro atoms. The van der Waals surface area contributed by atoms with Crippen molar-refractivity contribution in [2.75, 3.05) is 0 Å². The fourth-order valence-electron chi connectivity index (χ4n) is 4.77. The predicted octanol–water partition coefficient (Wildman–Crippen LogP) is 3.62. The lowest BCUT2D eigenvalue weighted by Crippen LogP contribution is -2.40. The SMILES string of the molecule is C[C@@H]1Cn2c(c(C(=O)NCc3c(F)cccc3-c3ccncn3)n(-c3ccc(OC4CC4)cc3)c2=O)CN1.Cl. The number of carbonyl (C=O) groups excluding carboxylic acids is 1. The molecule has 11 heteroatoms. The topological polar surface area (TPSA) is 103 Å². The maximum absolute atomic E-state index is 14.9. The van der Waals surface area contributed by atoms with Gasteiger partial charge in [-0.15, -0.1) is 12.4 Å². The van der Waals surface area contributed by atoms with Crippen molar-refractivity contribution in [1.82, 2.24) is 29.7 Å². The first kappa shape index (κ1) is 26.6. The van der Waals surface area contributed by atoms with Gasteiger partial charge in [0.15, 0.2) is 0 Å². The first-order valence-corrected chi connectivity index (χ1v) is 12.7. The second-order valence-electron chi connectivity index (χ2n) is 9.66. The monoisotopic (exact) mass is 550 g/mol. The van der Waals surface area contributed by atoms with E-state index in [9.17, 15) is 14.0 Å². The lowest BCUT2D eigenvalue weighted by atomic mass is 10.0. The largest absolute Gasteiger partial charge is 0.490 e. The Balaban J connectivity index is 0.00000308. The third-order valence-corrected chi connectivity index (χ3v) is 6.86. The third-order valence-electron chi connectivity index (χ3n) is 6.86. The Morgan fingerprint density at radius 2 is 1.97 bits per heavy atom. The number of carbonyl (C=O) groups is 1. The Morgan fingerprint density at radius 3 is 2.69 bits per heavy atom. The van der Waals surface area contributed by atoms with Gasteiger partial charge in [-0.2, -0.15) is 0 Å². The number of nitrogens with one attached hydrogen (secondary N) is 2. The van der Waals surface area contributed by atoms with Crippen LogP contribution in [0.25, 0.3) is 16.9 Å². The summed E-state index contributed by atoms with van der Waals surface area (Å²) >= 11 is 0. The summed E-state index contributed by atoms with van der Waals surface area (Å²) in [6.45, 7) is 2.71. The molecule has 0 radical (unpaired) electrons. The number of amides is 1. The number of fused-ring (bicyclic) bond motifs is 1. The molecule has 9 nitrogen and oxygen atoms in total. The predicted molar refractivity (Wildman–Crippen MR) is 146 cm³/mol. The van der Waals surface area contributed by atoms with Crippen molar-refractivity contribution in [3.8, 4) is 22.7 Å². The van der Waals surface area contributed by atoms with E-state index < -0.39 is 11.7 Å². The fraction of sp³-hybridized carbons (Fsp3) is 0.286. The molecule has 1 amide bonds. The normalized spacial score (nSPS) is 16.2. The van der Waals surface area contributed by atoms with Crippen LogP contribution in [-0.2, 0) is 19.6 Å². The van der Waals surface area contributed by atoms with Crippen LogP contribution in [0.4, 0.5) is 4.39 Å². The number of benzene rings is 2. The summed E-state index contributed by atoms with van der Waals surface area (Å²) in [5.74, 6) is -0.201. The first-order chi connectivity index (χ1) is 18.5. The number of halogens is 2. The Bertz CT molecular complexity index is 1550. The molecule has 4 aromatic rings. The van der Waals surface area contributed by atoms with Gasteiger partial charge in [0.1, 0.15) is 23.6 Å². The highest BCUT2D eigenvalue weighted by molar-refractivity contribution is 5.94. The van der Waals surface area contributed by atoms with E-state index in [1.54, 1.807) is 41.1 Å². The highest BCUT2D eigenvalue weighted by Gasteiger charge is 2.30. The zero-order chi connectivity index (χ0) is 26.2. The van der Waals surface area contributed by atoms with Crippen LogP contribution >= 0.6 is 12.4 Å². The van der Waals surface area contributed by atoms with Crippen molar-refractivity contribution in [2.45, 2.75) is 51.5 Å². The Hall–Kier alpha value is -4.02. The molecule has 0 saturated heterocycles. The van der Waals surface area contributed by atoms with Crippen molar-refractivity contribution < 1.29 is 13.9 Å². The van der Waals surface area contributed by atoms with E-state index in [0.717, 1.165) is 18.6 Å². The number of nitrogens with zero attached hydrogens (tertiary/aromatic N) is 4. The molecule has 1 atom stereocenters. The molecular formula is C28H28ClFN6O3. The zero-order valence-corrected chi connectivity index (χ0v) is 22.1. The molecule has 6 rings (SSSR count). The highest BCUT2D eigenvalue weighted by Crippen LogP contribution is 2.28. The number of hydrogen-bond acceptors (Lipinski definition) is 6. The van der Waals surface area contributed by atoms with Gasteiger partial charge in [0.25, 0.3) is 5.91 Å². The molecule has 39 heavy (non-hydrogen) atoms. The summed E-state index contributed by atoms with van der Waals surface area (Å²) in [7, 11) is 0. The Kier molecular flexibility index (Phi) is 7.49. The molecule has 1 saturated carbocycles. The minimum Gasteiger partial charge on any atom is -0.490 e. The van der Waals surface area contributed by atoms with Gasteiger partial charge < -0.3 is 15.4 Å². The maximum atomic E-state index is 14.9. The van der Waals surface area contributed by atoms with Crippen molar-refractivity contribution in [2.24, 2.45) is 0 Å². The van der Waals surface area contributed by atoms with Gasteiger partial charge in [0.2, 0.25) is 0 Å². The number of hydrogen-bond donors (Lipinski definition) is 2. The van der Waals surface area contributed by atoms with E-state index in [1.807, 2.05) is 19.1 Å². The molecular weight excluding hydrogens is 523 g/mol. The van der Waals surface area contributed by atoms with Crippen molar-refractivity contribution >= 4 is 18.3 Å². The Morgan fingerprint density at radius 1 is 1.18 bits per heavy atom. The molecule has 1 fully saturated rings. The highest BCUT2D eigenvalue weighted by atomic mass is 35.5. The summed E-state index contributed by atoms with van der Waals surface area (Å²) in [6.07, 6.45) is 5.32. The molecule has 1 aliphatic carbocycles. The van der Waals surface area contributed by atoms with Crippen molar-refractivity contribution in [3.63, 3.8) is 0 Å². The van der Waals surface area contributed by atoms with Gasteiger partial charge in [-0.3, -0.25) is 13.9 Å². The third kappa shape index (κ3) is 5.30. The molecule has 0 unspecified atom stereocenters. The second-order valence-corrected chi connectivity index (χ2v) is 9.66. The summed E-state index contributed by atoms with van der Waals surface area (Å²) in [5, 5.41) is 6.18. The van der Waals surface area contributed by atoms with Crippen LogP contribution in [-0.4, -0.2) is 37.2 Å². The van der Waals surface area contributed by atoms with E-state index in [4.69, 9.17) is 4.74 Å². The van der Waals surface area contributed by atoms with Gasteiger partial charge >= 0.3 is 5.69 Å². The lowest BCUT2D eigenvalue weighted by molar-refractivity contribution is 0.0942. The molecule has 202 valence electrons. The number of aromatic nitrogens is 4. The smallest absolute Gasteiger partial charge is 0.333 e. The zero-order valence-electron chi connectivity index (χ0n) is 21.3. The van der Waals surface area contributed by atoms with Crippen LogP contribution in [0.2, 0.25) is 0 Å². The van der Waals surface area contributed by atoms with E-state index in [1.165, 1.54) is 17.0 Å². The van der Waals surface area contributed by atoms with Gasteiger partial charge in [-0.25, -0.2) is 19.2 Å². The number of imidazole rings is 1. The van der Waals surface area contributed by atoms with Gasteiger partial charge in [-0.1, -0.05) is 12.1 Å². The maximum Gasteiger partial charge on any atom is 0.333 e. The fourth-order valence-corrected chi connectivity index (χ4v) is 4.77. The quantitative estimate of drug-likeness (QED) is 0.364. The van der Waals surface area contributed by atoms with Crippen LogP contribution in [0.1, 0.15) is 41.5 Å². The van der Waals surface area contributed by atoms with Gasteiger partial charge in [0, 0.05) is 43.0 Å². The van der Waals surface area contributed by atoms with Gasteiger partial charge in [-0.05, 0) is 56.2 Å². The first-order valence-electron chi connectivity index (χ1n) is 12.7. The molecule has 3 heterocycles. The van der Waals surface area contributed by atoms with Crippen LogP contribution in [0.3, 0.4) is 0 Å². The Labute approximate surface area is 230 Å². The number of ether oxygens (including phenoxy) is 1. The number of rotatable bonds is 7. The summed E-state index contributed by atoms with van der Waals surface area (Å²) in [6, 6.07) is 13.6. The average Bonchev–Trinajstić information content (AvgIpc) is 3.71. The van der Waals surface area contributed by atoms with Gasteiger partial charge in [0.05, 0.1) is 23.2 Å². The minimum atomic E-state index is -0.470. The second kappa shape index (κ2) is 11.0. The van der Waals surface area contributed by atoms with E-state index in [-0.39, 0.29) is 42.5 Å². The molecule has 2 aromatic carbocycles. The molecule has 0 bridgehead atoms. The van der Waals surface area contributed by atoms with Crippen LogP contribution in [0, 0.1) is 5.82 Å². The average molecular weight is 551 g/mol. The molecule has 2 aliphatic rings. The van der Waals surface area contributed by atoms with Crippen LogP contribution in [0.5, 0.6) is 5.75 Å². The van der Waals surface area contributed by atoms with Crippen molar-refractivity contribution in [1.29, 1.82) is 0 Å². The van der Waals surface area contributed by atoms with E-state index in [2.05, 4.69) is 20.6 Å². The van der Waals surface area contributed by atoms with Crippen LogP contribution in [0.15, 0.2) is 65.8 Å². The summed E-state index contributed by atoms with van der Waals surface area (Å²) < 4.78 is 23.8. The summed E-state index contributed by atoms with van der Waals surface area (Å²) in [5.41, 5.74) is 2.50. The van der Waals surface area contributed by atoms with E-state index >= 15 is 0 Å². The molecule has 1 aliphatic heterocycles. The van der Waals surface area contributed by atoms with E-state index in [0.29, 0.717) is 41.3 Å².